The predicted octanol–water partition coefficient (Wildman–Crippen LogP) is 1.30. The Morgan fingerprint density at radius 1 is 1.17 bits per heavy atom. The van der Waals surface area contributed by atoms with Gasteiger partial charge in [0.15, 0.2) is 5.82 Å². The standard InChI is InChI=1S/C7H6N4S/c1-5-8-10-7(11-9-5)6-2-3-12-4-6/h2-4H,1H3. The summed E-state index contributed by atoms with van der Waals surface area (Å²) in [6.45, 7) is 1.76. The number of aryl methyl sites for hydroxylation is 1. The topological polar surface area (TPSA) is 51.6 Å². The van der Waals surface area contributed by atoms with E-state index in [4.69, 9.17) is 0 Å². The zero-order valence-corrected chi connectivity index (χ0v) is 7.25. The quantitative estimate of drug-likeness (QED) is 0.660. The van der Waals surface area contributed by atoms with Gasteiger partial charge in [0.25, 0.3) is 0 Å². The van der Waals surface area contributed by atoms with Gasteiger partial charge in [-0.15, -0.1) is 20.4 Å². The van der Waals surface area contributed by atoms with Crippen molar-refractivity contribution in [2.24, 2.45) is 0 Å². The van der Waals surface area contributed by atoms with Crippen molar-refractivity contribution in [2.45, 2.75) is 6.92 Å². The monoisotopic (exact) mass is 178 g/mol. The van der Waals surface area contributed by atoms with Gasteiger partial charge in [-0.05, 0) is 18.4 Å². The zero-order chi connectivity index (χ0) is 8.39. The predicted molar refractivity (Wildman–Crippen MR) is 45.7 cm³/mol. The summed E-state index contributed by atoms with van der Waals surface area (Å²) in [5.41, 5.74) is 0.972. The number of hydrogen-bond acceptors (Lipinski definition) is 5. The molecule has 0 aliphatic heterocycles. The molecule has 2 rings (SSSR count). The highest BCUT2D eigenvalue weighted by atomic mass is 32.1. The third kappa shape index (κ3) is 1.31. The minimum absolute atomic E-state index is 0.585. The van der Waals surface area contributed by atoms with Crippen molar-refractivity contribution in [2.75, 3.05) is 0 Å². The molecule has 0 amide bonds. The van der Waals surface area contributed by atoms with Gasteiger partial charge >= 0.3 is 0 Å². The number of nitrogens with zero attached hydrogens (tertiary/aromatic N) is 4. The molecule has 0 N–H and O–H groups in total. The van der Waals surface area contributed by atoms with Crippen molar-refractivity contribution >= 4 is 11.3 Å². The molecule has 0 unspecified atom stereocenters. The fourth-order valence-electron chi connectivity index (χ4n) is 0.787. The Balaban J connectivity index is 2.43. The van der Waals surface area contributed by atoms with E-state index in [9.17, 15) is 0 Å². The van der Waals surface area contributed by atoms with Crippen LogP contribution in [0.3, 0.4) is 0 Å². The molecule has 2 aromatic rings. The molecule has 0 aromatic carbocycles. The van der Waals surface area contributed by atoms with E-state index in [1.165, 1.54) is 0 Å². The van der Waals surface area contributed by atoms with E-state index in [0.29, 0.717) is 11.6 Å². The van der Waals surface area contributed by atoms with E-state index in [-0.39, 0.29) is 0 Å². The van der Waals surface area contributed by atoms with Crippen molar-refractivity contribution in [3.8, 4) is 11.4 Å². The number of rotatable bonds is 1. The molecule has 2 aromatic heterocycles. The first-order valence-electron chi connectivity index (χ1n) is 3.43. The number of thiophene rings is 1. The van der Waals surface area contributed by atoms with Crippen LogP contribution in [-0.4, -0.2) is 20.4 Å². The van der Waals surface area contributed by atoms with Crippen molar-refractivity contribution in [3.63, 3.8) is 0 Å². The number of hydrogen-bond donors (Lipinski definition) is 0. The Hall–Kier alpha value is -1.36. The lowest BCUT2D eigenvalue weighted by molar-refractivity contribution is 0.816. The van der Waals surface area contributed by atoms with Gasteiger partial charge in [-0.1, -0.05) is 0 Å². The van der Waals surface area contributed by atoms with Gasteiger partial charge in [-0.25, -0.2) is 0 Å². The van der Waals surface area contributed by atoms with Gasteiger partial charge in [0.05, 0.1) is 0 Å². The molecule has 4 nitrogen and oxygen atoms in total. The van der Waals surface area contributed by atoms with Gasteiger partial charge in [-0.2, -0.15) is 11.3 Å². The van der Waals surface area contributed by atoms with Crippen LogP contribution in [-0.2, 0) is 0 Å². The third-order valence-electron chi connectivity index (χ3n) is 1.36. The van der Waals surface area contributed by atoms with Crippen LogP contribution in [0.25, 0.3) is 11.4 Å². The summed E-state index contributed by atoms with van der Waals surface area (Å²) < 4.78 is 0. The van der Waals surface area contributed by atoms with Crippen LogP contribution in [0.2, 0.25) is 0 Å². The van der Waals surface area contributed by atoms with Gasteiger partial charge < -0.3 is 0 Å². The van der Waals surface area contributed by atoms with Crippen LogP contribution in [0, 0.1) is 6.92 Å². The number of aromatic nitrogens is 4. The second kappa shape index (κ2) is 2.94. The van der Waals surface area contributed by atoms with Crippen molar-refractivity contribution in [1.29, 1.82) is 0 Å². The molecule has 5 heteroatoms. The molecule has 0 aliphatic carbocycles. The minimum Gasteiger partial charge on any atom is -0.152 e. The molecule has 0 atom stereocenters. The summed E-state index contributed by atoms with van der Waals surface area (Å²) in [6.07, 6.45) is 0. The Kier molecular flexibility index (Phi) is 1.79. The average Bonchev–Trinajstić information content (AvgIpc) is 2.58. The maximum absolute atomic E-state index is 3.90. The molecule has 0 saturated carbocycles. The fourth-order valence-corrected chi connectivity index (χ4v) is 1.42. The van der Waals surface area contributed by atoms with E-state index in [0.717, 1.165) is 5.56 Å². The Bertz CT molecular complexity index is 353. The van der Waals surface area contributed by atoms with Gasteiger partial charge in [0.1, 0.15) is 0 Å². The van der Waals surface area contributed by atoms with Crippen LogP contribution >= 0.6 is 11.3 Å². The van der Waals surface area contributed by atoms with Crippen LogP contribution in [0.15, 0.2) is 16.8 Å². The Labute approximate surface area is 73.3 Å². The molecule has 60 valence electrons. The summed E-state index contributed by atoms with van der Waals surface area (Å²) in [5.74, 6) is 1.18. The van der Waals surface area contributed by atoms with Gasteiger partial charge in [-0.3, -0.25) is 0 Å². The van der Waals surface area contributed by atoms with Crippen LogP contribution in [0.1, 0.15) is 5.82 Å². The molecule has 0 bridgehead atoms. The Morgan fingerprint density at radius 3 is 2.50 bits per heavy atom. The van der Waals surface area contributed by atoms with E-state index in [2.05, 4.69) is 20.4 Å². The first-order chi connectivity index (χ1) is 5.86. The van der Waals surface area contributed by atoms with Crippen LogP contribution in [0.5, 0.6) is 0 Å². The molecule has 12 heavy (non-hydrogen) atoms. The summed E-state index contributed by atoms with van der Waals surface area (Å²) >= 11 is 1.60. The smallest absolute Gasteiger partial charge is 0.152 e. The second-order valence-electron chi connectivity index (χ2n) is 2.28. The second-order valence-corrected chi connectivity index (χ2v) is 3.06. The van der Waals surface area contributed by atoms with E-state index in [1.807, 2.05) is 16.8 Å². The maximum Gasteiger partial charge on any atom is 0.204 e. The normalized spacial score (nSPS) is 10.1. The molecule has 0 spiro atoms. The summed E-state index contributed by atoms with van der Waals surface area (Å²) in [5, 5.41) is 19.4. The molecule has 0 aliphatic rings. The molecule has 2 heterocycles. The lowest BCUT2D eigenvalue weighted by atomic mass is 10.3. The first kappa shape index (κ1) is 7.30. The summed E-state index contributed by atoms with van der Waals surface area (Å²) in [6, 6.07) is 1.94. The van der Waals surface area contributed by atoms with Gasteiger partial charge in [0.2, 0.25) is 5.82 Å². The molecule has 0 saturated heterocycles. The molecule has 0 radical (unpaired) electrons. The molecule has 0 fully saturated rings. The largest absolute Gasteiger partial charge is 0.204 e. The van der Waals surface area contributed by atoms with Crippen LogP contribution in [0.4, 0.5) is 0 Å². The highest BCUT2D eigenvalue weighted by molar-refractivity contribution is 7.08. The highest BCUT2D eigenvalue weighted by Gasteiger charge is 2.01. The molecular weight excluding hydrogens is 172 g/mol. The van der Waals surface area contributed by atoms with Crippen molar-refractivity contribution in [1.82, 2.24) is 20.4 Å². The lowest BCUT2D eigenvalue weighted by Gasteiger charge is -1.91. The van der Waals surface area contributed by atoms with E-state index in [1.54, 1.807) is 18.3 Å². The Morgan fingerprint density at radius 2 is 1.92 bits per heavy atom. The van der Waals surface area contributed by atoms with Crippen molar-refractivity contribution in [3.05, 3.63) is 22.7 Å². The summed E-state index contributed by atoms with van der Waals surface area (Å²) in [7, 11) is 0. The zero-order valence-electron chi connectivity index (χ0n) is 6.43. The van der Waals surface area contributed by atoms with Crippen LogP contribution < -0.4 is 0 Å². The van der Waals surface area contributed by atoms with Crippen molar-refractivity contribution < 1.29 is 0 Å². The fraction of sp³-hybridized carbons (Fsp3) is 0.143. The third-order valence-corrected chi connectivity index (χ3v) is 2.04. The van der Waals surface area contributed by atoms with E-state index < -0.39 is 0 Å². The minimum atomic E-state index is 0.585. The first-order valence-corrected chi connectivity index (χ1v) is 4.37. The van der Waals surface area contributed by atoms with Gasteiger partial charge in [0, 0.05) is 10.9 Å². The van der Waals surface area contributed by atoms with E-state index >= 15 is 0 Å². The highest BCUT2D eigenvalue weighted by Crippen LogP contribution is 2.15. The lowest BCUT2D eigenvalue weighted by Crippen LogP contribution is -1.97. The maximum atomic E-state index is 3.90. The SMILES string of the molecule is Cc1nnc(-c2ccsc2)nn1. The average molecular weight is 178 g/mol. The summed E-state index contributed by atoms with van der Waals surface area (Å²) in [4.78, 5) is 0. The molecular formula is C7H6N4S.